The zero-order chi connectivity index (χ0) is 42.8. The van der Waals surface area contributed by atoms with Gasteiger partial charge in [0.05, 0.1) is 45.3 Å². The number of hydrogen-bond acceptors (Lipinski definition) is 14. The topological polar surface area (TPSA) is 158 Å². The average molecular weight is 829 g/mol. The van der Waals surface area contributed by atoms with Gasteiger partial charge in [-0.2, -0.15) is 23.5 Å². The van der Waals surface area contributed by atoms with E-state index in [1.807, 2.05) is 12.5 Å². The quantitative estimate of drug-likeness (QED) is 0.0487. The van der Waals surface area contributed by atoms with Gasteiger partial charge in [0.25, 0.3) is 0 Å². The highest BCUT2D eigenvalue weighted by atomic mass is 32.2. The molecule has 0 amide bonds. The first kappa shape index (κ1) is 48.6. The number of rotatable bonds is 22. The first-order valence-electron chi connectivity index (χ1n) is 18.4. The molecule has 0 N–H and O–H groups in total. The molecule has 14 heteroatoms. The van der Waals surface area contributed by atoms with E-state index in [1.165, 1.54) is 50.7 Å². The highest BCUT2D eigenvalue weighted by molar-refractivity contribution is 7.98. The van der Waals surface area contributed by atoms with Crippen molar-refractivity contribution in [1.29, 1.82) is 0 Å². The van der Waals surface area contributed by atoms with E-state index in [1.54, 1.807) is 89.3 Å². The van der Waals surface area contributed by atoms with Crippen LogP contribution in [0.4, 0.5) is 0 Å². The molecule has 0 heterocycles. The molecule has 12 nitrogen and oxygen atoms in total. The van der Waals surface area contributed by atoms with Crippen molar-refractivity contribution in [3.05, 3.63) is 59.7 Å². The molecule has 0 aliphatic heterocycles. The lowest BCUT2D eigenvalue weighted by Crippen LogP contribution is -2.29. The summed E-state index contributed by atoms with van der Waals surface area (Å²) in [7, 11) is 2.83. The zero-order valence-corrected chi connectivity index (χ0v) is 36.2. The molecule has 2 atom stereocenters. The van der Waals surface area contributed by atoms with E-state index in [0.29, 0.717) is 35.5 Å². The van der Waals surface area contributed by atoms with Crippen molar-refractivity contribution in [2.75, 3.05) is 38.2 Å². The largest absolute Gasteiger partial charge is 0.493 e. The number of carbonyl (C=O) groups excluding carboxylic acids is 6. The SMILES string of the molecule is COc1cc(/C=C/C(=O)CC(=O)/C=C/c2ccc(OC(=O)[C@@H](CCSC)CC(=O)OC(C)(C)C)c(OC)c2)ccc1OC(=O)[C@@H](CCSC)CC(=O)OC(C)(C)C. The summed E-state index contributed by atoms with van der Waals surface area (Å²) >= 11 is 3.10. The van der Waals surface area contributed by atoms with Crippen LogP contribution in [-0.2, 0) is 38.2 Å². The fraction of sp³-hybridized carbons (Fsp3) is 0.488. The van der Waals surface area contributed by atoms with Crippen LogP contribution in [0.2, 0.25) is 0 Å². The van der Waals surface area contributed by atoms with E-state index in [9.17, 15) is 28.8 Å². The molecule has 0 radical (unpaired) electrons. The van der Waals surface area contributed by atoms with Gasteiger partial charge in [0.2, 0.25) is 0 Å². The lowest BCUT2D eigenvalue weighted by molar-refractivity contribution is -0.159. The number of carbonyl (C=O) groups is 6. The molecule has 0 aromatic heterocycles. The van der Waals surface area contributed by atoms with Gasteiger partial charge in [-0.25, -0.2) is 0 Å². The summed E-state index contributed by atoms with van der Waals surface area (Å²) in [5, 5.41) is 0. The maximum atomic E-state index is 13.1. The third kappa shape index (κ3) is 19.0. The summed E-state index contributed by atoms with van der Waals surface area (Å²) in [5.41, 5.74) is -0.247. The van der Waals surface area contributed by atoms with Crippen molar-refractivity contribution in [3.63, 3.8) is 0 Å². The molecule has 2 rings (SSSR count). The molecule has 0 bridgehead atoms. The van der Waals surface area contributed by atoms with E-state index in [2.05, 4.69) is 0 Å². The number of ketones is 2. The Kier molecular flexibility index (Phi) is 20.1. The minimum absolute atomic E-state index is 0.119. The summed E-state index contributed by atoms with van der Waals surface area (Å²) in [4.78, 5) is 76.4. The van der Waals surface area contributed by atoms with Crippen LogP contribution in [0.1, 0.15) is 84.8 Å². The third-order valence-corrected chi connectivity index (χ3v) is 9.03. The average Bonchev–Trinajstić information content (AvgIpc) is 3.12. The van der Waals surface area contributed by atoms with E-state index in [4.69, 9.17) is 28.4 Å². The van der Waals surface area contributed by atoms with Crippen LogP contribution in [0.5, 0.6) is 23.0 Å². The molecule has 2 aromatic carbocycles. The van der Waals surface area contributed by atoms with E-state index in [0.717, 1.165) is 0 Å². The molecule has 0 unspecified atom stereocenters. The molecule has 0 saturated carbocycles. The third-order valence-electron chi connectivity index (χ3n) is 7.74. The van der Waals surface area contributed by atoms with Crippen LogP contribution in [-0.4, -0.2) is 84.9 Å². The predicted octanol–water partition coefficient (Wildman–Crippen LogP) is 7.97. The fourth-order valence-electron chi connectivity index (χ4n) is 5.09. The fourth-order valence-corrected chi connectivity index (χ4v) is 6.13. The van der Waals surface area contributed by atoms with E-state index >= 15 is 0 Å². The van der Waals surface area contributed by atoms with E-state index in [-0.39, 0.29) is 35.8 Å². The number of methoxy groups -OCH3 is 2. The van der Waals surface area contributed by atoms with Crippen LogP contribution in [0.15, 0.2) is 48.6 Å². The Morgan fingerprint density at radius 1 is 0.596 bits per heavy atom. The lowest BCUT2D eigenvalue weighted by Gasteiger charge is -2.22. The second-order valence-corrected chi connectivity index (χ2v) is 16.9. The summed E-state index contributed by atoms with van der Waals surface area (Å²) in [6, 6.07) is 9.48. The summed E-state index contributed by atoms with van der Waals surface area (Å²) in [6.45, 7) is 10.6. The first-order valence-corrected chi connectivity index (χ1v) is 21.2. The van der Waals surface area contributed by atoms with Gasteiger partial charge < -0.3 is 28.4 Å². The van der Waals surface area contributed by atoms with Crippen LogP contribution in [0.3, 0.4) is 0 Å². The molecule has 0 saturated heterocycles. The molecule has 0 aliphatic carbocycles. The van der Waals surface area contributed by atoms with Crippen molar-refractivity contribution >= 4 is 71.1 Å². The molecule has 0 fully saturated rings. The van der Waals surface area contributed by atoms with Crippen molar-refractivity contribution in [2.24, 2.45) is 11.8 Å². The standard InChI is InChI=1S/C43H56O12S2/c1-42(2,3)54-38(46)25-30(19-21-56-9)40(48)52-34-17-13-28(23-36(34)50-7)11-15-32(44)27-33(45)16-12-29-14-18-35(37(24-29)51-8)53-41(49)31(20-22-57-10)26-39(47)55-43(4,5)6/h11-18,23-24,30-31H,19-22,25-27H2,1-10H3/b15-11+,16-12+/t30-,31-/m0/s1. The van der Waals surface area contributed by atoms with Crippen molar-refractivity contribution in [3.8, 4) is 23.0 Å². The first-order chi connectivity index (χ1) is 26.8. The zero-order valence-electron chi connectivity index (χ0n) is 34.6. The van der Waals surface area contributed by atoms with Gasteiger partial charge in [-0.05, 0) is 126 Å². The summed E-state index contributed by atoms with van der Waals surface area (Å²) in [6.07, 6.45) is 9.61. The second kappa shape index (κ2) is 23.6. The predicted molar refractivity (Wildman–Crippen MR) is 224 cm³/mol. The number of thioether (sulfide) groups is 2. The second-order valence-electron chi connectivity index (χ2n) is 15.0. The molecule has 0 aliphatic rings. The molecule has 2 aromatic rings. The van der Waals surface area contributed by atoms with Gasteiger partial charge in [0, 0.05) is 0 Å². The molecule has 0 spiro atoms. The highest BCUT2D eigenvalue weighted by Crippen LogP contribution is 2.32. The maximum absolute atomic E-state index is 13.1. The van der Waals surface area contributed by atoms with Gasteiger partial charge in [-0.3, -0.25) is 28.8 Å². The van der Waals surface area contributed by atoms with Crippen molar-refractivity contribution in [1.82, 2.24) is 0 Å². The number of hydrogen-bond donors (Lipinski definition) is 0. The Balaban J connectivity index is 2.05. The van der Waals surface area contributed by atoms with Gasteiger partial charge in [0.15, 0.2) is 34.6 Å². The number of benzene rings is 2. The van der Waals surface area contributed by atoms with Crippen LogP contribution in [0.25, 0.3) is 12.2 Å². The Hall–Kier alpha value is -4.56. The van der Waals surface area contributed by atoms with Gasteiger partial charge >= 0.3 is 23.9 Å². The number of esters is 4. The summed E-state index contributed by atoms with van der Waals surface area (Å²) < 4.78 is 32.9. The minimum atomic E-state index is -0.710. The van der Waals surface area contributed by atoms with Gasteiger partial charge in [-0.1, -0.05) is 24.3 Å². The Bertz CT molecular complexity index is 1640. The molecule has 312 valence electrons. The van der Waals surface area contributed by atoms with Crippen molar-refractivity contribution < 1.29 is 57.2 Å². The minimum Gasteiger partial charge on any atom is -0.493 e. The summed E-state index contributed by atoms with van der Waals surface area (Å²) in [5.74, 6) is -2.37. The number of allylic oxidation sites excluding steroid dienone is 2. The highest BCUT2D eigenvalue weighted by Gasteiger charge is 2.29. The van der Waals surface area contributed by atoms with E-state index < -0.39 is 64.9 Å². The van der Waals surface area contributed by atoms with Gasteiger partial charge in [0.1, 0.15) is 11.2 Å². The molecule has 57 heavy (non-hydrogen) atoms. The number of ether oxygens (including phenoxy) is 6. The molecular weight excluding hydrogens is 773 g/mol. The Labute approximate surface area is 344 Å². The molecular formula is C43H56O12S2. The maximum Gasteiger partial charge on any atom is 0.315 e. The Morgan fingerprint density at radius 2 is 0.965 bits per heavy atom. The van der Waals surface area contributed by atoms with Crippen LogP contribution >= 0.6 is 23.5 Å². The monoisotopic (exact) mass is 828 g/mol. The lowest BCUT2D eigenvalue weighted by atomic mass is 10.0. The Morgan fingerprint density at radius 3 is 1.28 bits per heavy atom. The van der Waals surface area contributed by atoms with Crippen LogP contribution in [0, 0.1) is 11.8 Å². The van der Waals surface area contributed by atoms with Crippen molar-refractivity contribution in [2.45, 2.75) is 84.8 Å². The van der Waals surface area contributed by atoms with Gasteiger partial charge in [-0.15, -0.1) is 0 Å². The smallest absolute Gasteiger partial charge is 0.315 e. The van der Waals surface area contributed by atoms with Crippen LogP contribution < -0.4 is 18.9 Å². The normalized spacial score (nSPS) is 12.8.